The van der Waals surface area contributed by atoms with Gasteiger partial charge in [0.1, 0.15) is 5.82 Å². The molecule has 0 amide bonds. The van der Waals surface area contributed by atoms with Gasteiger partial charge in [0.05, 0.1) is 25.0 Å². The summed E-state index contributed by atoms with van der Waals surface area (Å²) in [4.78, 5) is 0. The molecule has 2 aliphatic heterocycles. The Morgan fingerprint density at radius 1 is 1.40 bits per heavy atom. The van der Waals surface area contributed by atoms with Gasteiger partial charge in [-0.2, -0.15) is 0 Å². The van der Waals surface area contributed by atoms with Gasteiger partial charge in [-0.05, 0) is 12.5 Å². The zero-order valence-electron chi connectivity index (χ0n) is 11.4. The first-order valence-electron chi connectivity index (χ1n) is 6.48. The average molecular weight is 293 g/mol. The van der Waals surface area contributed by atoms with E-state index in [0.29, 0.717) is 18.9 Å². The van der Waals surface area contributed by atoms with Crippen molar-refractivity contribution in [3.63, 3.8) is 0 Å². The number of benzene rings is 1. The van der Waals surface area contributed by atoms with Crippen LogP contribution in [0.1, 0.15) is 12.5 Å². The summed E-state index contributed by atoms with van der Waals surface area (Å²) in [5.41, 5.74) is 1.86. The Labute approximate surface area is 121 Å². The van der Waals surface area contributed by atoms with Crippen LogP contribution in [0.5, 0.6) is 0 Å². The monoisotopic (exact) mass is 293 g/mol. The van der Waals surface area contributed by atoms with E-state index >= 15 is 0 Å². The number of nitrogens with zero attached hydrogens (tertiary/aromatic N) is 3. The summed E-state index contributed by atoms with van der Waals surface area (Å²) < 4.78 is 15.8. The van der Waals surface area contributed by atoms with Gasteiger partial charge in [0.25, 0.3) is 0 Å². The molecule has 0 fully saturated rings. The molecule has 1 aromatic carbocycles. The maximum atomic E-state index is 12.5. The molecular weight excluding hydrogens is 276 g/mol. The van der Waals surface area contributed by atoms with E-state index in [9.17, 15) is 9.42 Å². The molecule has 2 atom stereocenters. The Balaban J connectivity index is 1.94. The molecule has 108 valence electrons. The maximum Gasteiger partial charge on any atom is 0.200 e. The number of nitrogens with one attached hydrogen (secondary N) is 1. The molecular formula is C13H17N4O2S-. The van der Waals surface area contributed by atoms with Crippen LogP contribution < -0.4 is 5.32 Å². The smallest absolute Gasteiger partial charge is 0.200 e. The Kier molecular flexibility index (Phi) is 3.41. The SMILES string of the molecule is CC1NC2=C(N1[O-])N(Cc1ccccc1)S(=O)N(C)C2. The lowest BCUT2D eigenvalue weighted by molar-refractivity contribution is 0.299. The lowest BCUT2D eigenvalue weighted by Crippen LogP contribution is -2.44. The van der Waals surface area contributed by atoms with Crippen LogP contribution >= 0.6 is 0 Å². The van der Waals surface area contributed by atoms with Gasteiger partial charge in [-0.1, -0.05) is 30.3 Å². The van der Waals surface area contributed by atoms with Crippen LogP contribution in [-0.4, -0.2) is 37.6 Å². The predicted octanol–water partition coefficient (Wildman–Crippen LogP) is 0.931. The average Bonchev–Trinajstić information content (AvgIpc) is 2.71. The number of hydrogen-bond donors (Lipinski definition) is 1. The van der Waals surface area contributed by atoms with Gasteiger partial charge in [-0.25, -0.2) is 8.51 Å². The summed E-state index contributed by atoms with van der Waals surface area (Å²) in [5, 5.41) is 16.2. The quantitative estimate of drug-likeness (QED) is 0.881. The van der Waals surface area contributed by atoms with E-state index in [1.807, 2.05) is 30.3 Å². The maximum absolute atomic E-state index is 12.5. The van der Waals surface area contributed by atoms with Gasteiger partial charge in [0, 0.05) is 7.05 Å². The second-order valence-corrected chi connectivity index (χ2v) is 6.51. The highest BCUT2D eigenvalue weighted by Crippen LogP contribution is 2.30. The van der Waals surface area contributed by atoms with Crippen molar-refractivity contribution < 1.29 is 4.21 Å². The van der Waals surface area contributed by atoms with E-state index in [4.69, 9.17) is 0 Å². The third kappa shape index (κ3) is 2.17. The Morgan fingerprint density at radius 3 is 2.80 bits per heavy atom. The van der Waals surface area contributed by atoms with Crippen molar-refractivity contribution in [3.05, 3.63) is 52.6 Å². The molecule has 2 unspecified atom stereocenters. The molecule has 0 bridgehead atoms. The molecule has 0 aliphatic carbocycles. The molecule has 1 aromatic rings. The fourth-order valence-electron chi connectivity index (χ4n) is 2.47. The first kappa shape index (κ1) is 13.4. The molecule has 7 heteroatoms. The predicted molar refractivity (Wildman–Crippen MR) is 77.6 cm³/mol. The standard InChI is InChI=1S/C13H17N4O2S/c1-10-14-12-9-15(2)20(19)16(13(12)17(10)18)8-11-6-4-3-5-7-11/h3-7,10,14H,8-9H2,1-2H3/q-1. The Morgan fingerprint density at radius 2 is 2.10 bits per heavy atom. The normalized spacial score (nSPS) is 26.8. The number of likely N-dealkylation sites (N-methyl/N-ethyl adjacent to an activating group) is 1. The molecule has 0 saturated heterocycles. The van der Waals surface area contributed by atoms with Gasteiger partial charge < -0.3 is 15.6 Å². The minimum atomic E-state index is -1.34. The molecule has 1 N–H and O–H groups in total. The zero-order valence-corrected chi connectivity index (χ0v) is 12.3. The summed E-state index contributed by atoms with van der Waals surface area (Å²) in [5.74, 6) is 0.498. The van der Waals surface area contributed by atoms with E-state index in [1.54, 1.807) is 22.6 Å². The molecule has 20 heavy (non-hydrogen) atoms. The fourth-order valence-corrected chi connectivity index (χ4v) is 3.64. The molecule has 0 spiro atoms. The van der Waals surface area contributed by atoms with Crippen molar-refractivity contribution in [3.8, 4) is 0 Å². The number of hydroxylamine groups is 2. The summed E-state index contributed by atoms with van der Waals surface area (Å²) in [6.07, 6.45) is -0.318. The summed E-state index contributed by atoms with van der Waals surface area (Å²) >= 11 is -1.34. The van der Waals surface area contributed by atoms with Crippen LogP contribution in [-0.2, 0) is 17.7 Å². The zero-order chi connectivity index (χ0) is 14.3. The third-order valence-corrected chi connectivity index (χ3v) is 4.80. The van der Waals surface area contributed by atoms with Crippen LogP contribution in [0.2, 0.25) is 0 Å². The van der Waals surface area contributed by atoms with E-state index in [0.717, 1.165) is 16.3 Å². The minimum Gasteiger partial charge on any atom is -0.756 e. The third-order valence-electron chi connectivity index (χ3n) is 3.45. The van der Waals surface area contributed by atoms with E-state index in [-0.39, 0.29) is 6.17 Å². The van der Waals surface area contributed by atoms with Gasteiger partial charge in [-0.3, -0.25) is 4.31 Å². The number of hydrogen-bond acceptors (Lipinski definition) is 4. The Bertz CT molecular complexity index is 563. The molecule has 0 radical (unpaired) electrons. The van der Waals surface area contributed by atoms with Crippen molar-refractivity contribution in [1.29, 1.82) is 0 Å². The van der Waals surface area contributed by atoms with Crippen LogP contribution in [0, 0.1) is 5.21 Å². The summed E-state index contributed by atoms with van der Waals surface area (Å²) in [6.45, 7) is 2.75. The highest BCUT2D eigenvalue weighted by Gasteiger charge is 2.36. The van der Waals surface area contributed by atoms with Gasteiger partial charge >= 0.3 is 0 Å². The van der Waals surface area contributed by atoms with Crippen molar-refractivity contribution in [2.45, 2.75) is 19.6 Å². The van der Waals surface area contributed by atoms with Crippen molar-refractivity contribution in [2.75, 3.05) is 13.6 Å². The van der Waals surface area contributed by atoms with Gasteiger partial charge in [0.15, 0.2) is 0 Å². The minimum absolute atomic E-state index is 0.318. The molecule has 0 saturated carbocycles. The molecule has 6 nitrogen and oxygen atoms in total. The summed E-state index contributed by atoms with van der Waals surface area (Å²) in [7, 11) is 1.79. The van der Waals surface area contributed by atoms with E-state index in [1.165, 1.54) is 0 Å². The van der Waals surface area contributed by atoms with Gasteiger partial charge in [-0.15, -0.1) is 0 Å². The Hall–Kier alpha value is -1.57. The lowest BCUT2D eigenvalue weighted by atomic mass is 10.2. The van der Waals surface area contributed by atoms with Crippen molar-refractivity contribution in [1.82, 2.24) is 19.0 Å². The lowest BCUT2D eigenvalue weighted by Gasteiger charge is -2.40. The fraction of sp³-hybridized carbons (Fsp3) is 0.385. The topological polar surface area (TPSA) is 61.9 Å². The number of rotatable bonds is 2. The first-order valence-corrected chi connectivity index (χ1v) is 7.55. The van der Waals surface area contributed by atoms with Crippen LogP contribution in [0.25, 0.3) is 0 Å². The molecule has 0 aromatic heterocycles. The first-order chi connectivity index (χ1) is 9.58. The molecule has 3 rings (SSSR count). The van der Waals surface area contributed by atoms with Crippen molar-refractivity contribution in [2.24, 2.45) is 0 Å². The highest BCUT2D eigenvalue weighted by molar-refractivity contribution is 7.80. The van der Waals surface area contributed by atoms with Crippen LogP contribution in [0.4, 0.5) is 0 Å². The highest BCUT2D eigenvalue weighted by atomic mass is 32.2. The van der Waals surface area contributed by atoms with E-state index in [2.05, 4.69) is 5.32 Å². The molecule has 2 aliphatic rings. The van der Waals surface area contributed by atoms with Crippen LogP contribution in [0.15, 0.2) is 41.8 Å². The van der Waals surface area contributed by atoms with E-state index < -0.39 is 11.2 Å². The van der Waals surface area contributed by atoms with Crippen molar-refractivity contribution >= 4 is 11.2 Å². The summed E-state index contributed by atoms with van der Waals surface area (Å²) in [6, 6.07) is 9.74. The van der Waals surface area contributed by atoms with Gasteiger partial charge in [0.2, 0.25) is 11.2 Å². The second kappa shape index (κ2) is 5.08. The van der Waals surface area contributed by atoms with Crippen LogP contribution in [0.3, 0.4) is 0 Å². The largest absolute Gasteiger partial charge is 0.756 e. The molecule has 2 heterocycles. The second-order valence-electron chi connectivity index (χ2n) is 4.99.